The summed E-state index contributed by atoms with van der Waals surface area (Å²) < 4.78 is 0. The highest BCUT2D eigenvalue weighted by Crippen LogP contribution is 2.13. The van der Waals surface area contributed by atoms with Gasteiger partial charge in [-0.25, -0.2) is 0 Å². The average Bonchev–Trinajstić information content (AvgIpc) is 2.14. The number of hydrogen-bond acceptors (Lipinski definition) is 3. The lowest BCUT2D eigenvalue weighted by Gasteiger charge is -2.27. The number of nitrogens with one attached hydrogen (secondary N) is 1. The fourth-order valence-electron chi connectivity index (χ4n) is 1.86. The van der Waals surface area contributed by atoms with Gasteiger partial charge in [-0.05, 0) is 12.3 Å². The molecule has 3 heteroatoms. The Hall–Kier alpha value is -0.410. The van der Waals surface area contributed by atoms with Crippen molar-refractivity contribution in [3.05, 3.63) is 0 Å². The molecule has 0 aliphatic heterocycles. The summed E-state index contributed by atoms with van der Waals surface area (Å²) in [6.45, 7) is 12.1. The van der Waals surface area contributed by atoms with Gasteiger partial charge in [-0.3, -0.25) is 4.79 Å². The highest BCUT2D eigenvalue weighted by molar-refractivity contribution is 5.80. The van der Waals surface area contributed by atoms with Crippen LogP contribution in [0.1, 0.15) is 54.4 Å². The van der Waals surface area contributed by atoms with Crippen LogP contribution >= 0.6 is 0 Å². The third-order valence-corrected chi connectivity index (χ3v) is 2.79. The summed E-state index contributed by atoms with van der Waals surface area (Å²) in [5.74, 6) is 0.648. The summed E-state index contributed by atoms with van der Waals surface area (Å²) >= 11 is 0. The van der Waals surface area contributed by atoms with Crippen LogP contribution in [0.3, 0.4) is 0 Å². The van der Waals surface area contributed by atoms with Crippen molar-refractivity contribution in [2.24, 2.45) is 11.8 Å². The number of aliphatic hydroxyl groups is 1. The minimum atomic E-state index is -0.574. The SMILES string of the molecule is CC(C)CC(NC(C)C)C(O)CC(=O)C(C)C. The maximum Gasteiger partial charge on any atom is 0.138 e. The molecule has 0 aliphatic rings. The van der Waals surface area contributed by atoms with Gasteiger partial charge in [0.15, 0.2) is 0 Å². The molecular formula is C14H29NO2. The van der Waals surface area contributed by atoms with Gasteiger partial charge in [0.2, 0.25) is 0 Å². The highest BCUT2D eigenvalue weighted by Gasteiger charge is 2.24. The van der Waals surface area contributed by atoms with E-state index in [2.05, 4.69) is 33.0 Å². The summed E-state index contributed by atoms with van der Waals surface area (Å²) in [6.07, 6.45) is 0.578. The van der Waals surface area contributed by atoms with Crippen LogP contribution in [0.2, 0.25) is 0 Å². The Labute approximate surface area is 106 Å². The van der Waals surface area contributed by atoms with Gasteiger partial charge < -0.3 is 10.4 Å². The van der Waals surface area contributed by atoms with Crippen LogP contribution in [-0.2, 0) is 4.79 Å². The molecule has 0 saturated heterocycles. The molecule has 0 aromatic carbocycles. The van der Waals surface area contributed by atoms with Crippen molar-refractivity contribution >= 4 is 5.78 Å². The minimum absolute atomic E-state index is 0.00315. The predicted molar refractivity (Wildman–Crippen MR) is 72.0 cm³/mol. The van der Waals surface area contributed by atoms with E-state index in [9.17, 15) is 9.90 Å². The molecule has 17 heavy (non-hydrogen) atoms. The molecule has 2 atom stereocenters. The monoisotopic (exact) mass is 243 g/mol. The van der Waals surface area contributed by atoms with Crippen LogP contribution in [-0.4, -0.2) is 29.1 Å². The van der Waals surface area contributed by atoms with E-state index in [4.69, 9.17) is 0 Å². The second kappa shape index (κ2) is 7.83. The first-order valence-electron chi connectivity index (χ1n) is 6.70. The van der Waals surface area contributed by atoms with Gasteiger partial charge >= 0.3 is 0 Å². The van der Waals surface area contributed by atoms with Gasteiger partial charge in [-0.15, -0.1) is 0 Å². The fourth-order valence-corrected chi connectivity index (χ4v) is 1.86. The second-order valence-electron chi connectivity index (χ2n) is 5.95. The van der Waals surface area contributed by atoms with Crippen molar-refractivity contribution in [1.82, 2.24) is 5.32 Å². The molecule has 2 N–H and O–H groups in total. The standard InChI is InChI=1S/C14H29NO2/c1-9(2)7-12(15-11(5)6)14(17)8-13(16)10(3)4/h9-12,14-15,17H,7-8H2,1-6H3. The van der Waals surface area contributed by atoms with Gasteiger partial charge in [0.05, 0.1) is 6.10 Å². The Bertz CT molecular complexity index is 214. The normalized spacial score (nSPS) is 15.6. The Morgan fingerprint density at radius 1 is 1.12 bits per heavy atom. The molecule has 0 fully saturated rings. The topological polar surface area (TPSA) is 49.3 Å². The zero-order chi connectivity index (χ0) is 13.6. The van der Waals surface area contributed by atoms with E-state index in [-0.39, 0.29) is 24.2 Å². The summed E-state index contributed by atoms with van der Waals surface area (Å²) in [4.78, 5) is 11.6. The third-order valence-electron chi connectivity index (χ3n) is 2.79. The Kier molecular flexibility index (Phi) is 7.64. The van der Waals surface area contributed by atoms with Gasteiger partial charge in [-0.2, -0.15) is 0 Å². The van der Waals surface area contributed by atoms with Gasteiger partial charge in [0.25, 0.3) is 0 Å². The number of carbonyl (C=O) groups excluding carboxylic acids is 1. The van der Waals surface area contributed by atoms with Crippen molar-refractivity contribution in [2.45, 2.75) is 72.6 Å². The number of hydrogen-bond donors (Lipinski definition) is 2. The van der Waals surface area contributed by atoms with Crippen LogP contribution in [0.4, 0.5) is 0 Å². The molecule has 0 bridgehead atoms. The lowest BCUT2D eigenvalue weighted by molar-refractivity contribution is -0.124. The Morgan fingerprint density at radius 2 is 1.65 bits per heavy atom. The minimum Gasteiger partial charge on any atom is -0.391 e. The molecule has 0 radical (unpaired) electrons. The smallest absolute Gasteiger partial charge is 0.138 e. The molecule has 0 rings (SSSR count). The van der Waals surface area contributed by atoms with Crippen LogP contribution < -0.4 is 5.32 Å². The van der Waals surface area contributed by atoms with Crippen LogP contribution in [0.25, 0.3) is 0 Å². The lowest BCUT2D eigenvalue weighted by atomic mass is 9.93. The van der Waals surface area contributed by atoms with E-state index >= 15 is 0 Å². The van der Waals surface area contributed by atoms with E-state index in [1.54, 1.807) is 0 Å². The van der Waals surface area contributed by atoms with Crippen LogP contribution in [0.15, 0.2) is 0 Å². The first-order valence-corrected chi connectivity index (χ1v) is 6.70. The highest BCUT2D eigenvalue weighted by atomic mass is 16.3. The van der Waals surface area contributed by atoms with E-state index in [1.165, 1.54) is 0 Å². The average molecular weight is 243 g/mol. The molecule has 0 aliphatic carbocycles. The molecule has 0 spiro atoms. The summed E-state index contributed by atoms with van der Waals surface area (Å²) in [7, 11) is 0. The Morgan fingerprint density at radius 3 is 2.00 bits per heavy atom. The molecule has 0 heterocycles. The van der Waals surface area contributed by atoms with E-state index in [1.807, 2.05) is 13.8 Å². The molecule has 0 saturated carbocycles. The molecule has 0 amide bonds. The van der Waals surface area contributed by atoms with E-state index in [0.717, 1.165) is 6.42 Å². The first kappa shape index (κ1) is 16.6. The van der Waals surface area contributed by atoms with Crippen LogP contribution in [0, 0.1) is 11.8 Å². The van der Waals surface area contributed by atoms with Crippen molar-refractivity contribution < 1.29 is 9.90 Å². The van der Waals surface area contributed by atoms with Gasteiger partial charge in [-0.1, -0.05) is 41.5 Å². The van der Waals surface area contributed by atoms with Gasteiger partial charge in [0, 0.05) is 24.4 Å². The van der Waals surface area contributed by atoms with E-state index < -0.39 is 6.10 Å². The molecule has 0 aromatic rings. The maximum atomic E-state index is 11.6. The van der Waals surface area contributed by atoms with Crippen molar-refractivity contribution in [3.63, 3.8) is 0 Å². The maximum absolute atomic E-state index is 11.6. The molecule has 102 valence electrons. The lowest BCUT2D eigenvalue weighted by Crippen LogP contribution is -2.45. The Balaban J connectivity index is 4.40. The second-order valence-corrected chi connectivity index (χ2v) is 5.95. The largest absolute Gasteiger partial charge is 0.391 e. The van der Waals surface area contributed by atoms with E-state index in [0.29, 0.717) is 12.0 Å². The number of ketones is 1. The van der Waals surface area contributed by atoms with Crippen molar-refractivity contribution in [2.75, 3.05) is 0 Å². The zero-order valence-electron chi connectivity index (χ0n) is 12.2. The number of aliphatic hydroxyl groups excluding tert-OH is 1. The number of Topliss-reactive ketones (excluding diaryl/α,β-unsaturated/α-hetero) is 1. The number of rotatable bonds is 8. The molecule has 0 aromatic heterocycles. The quantitative estimate of drug-likeness (QED) is 0.688. The molecule has 2 unspecified atom stereocenters. The summed E-state index contributed by atoms with van der Waals surface area (Å²) in [5.41, 5.74) is 0. The predicted octanol–water partition coefficient (Wildman–Crippen LogP) is 2.38. The number of carbonyl (C=O) groups is 1. The van der Waals surface area contributed by atoms with Crippen LogP contribution in [0.5, 0.6) is 0 Å². The molecule has 3 nitrogen and oxygen atoms in total. The zero-order valence-corrected chi connectivity index (χ0v) is 12.2. The summed E-state index contributed by atoms with van der Waals surface area (Å²) in [6, 6.07) is 0.334. The molecular weight excluding hydrogens is 214 g/mol. The van der Waals surface area contributed by atoms with Gasteiger partial charge in [0.1, 0.15) is 5.78 Å². The third kappa shape index (κ3) is 7.50. The van der Waals surface area contributed by atoms with Crippen molar-refractivity contribution in [1.29, 1.82) is 0 Å². The fraction of sp³-hybridized carbons (Fsp3) is 0.929. The van der Waals surface area contributed by atoms with Crippen molar-refractivity contribution in [3.8, 4) is 0 Å². The summed E-state index contributed by atoms with van der Waals surface area (Å²) in [5, 5.41) is 13.5. The first-order chi connectivity index (χ1) is 7.73.